The third kappa shape index (κ3) is 2.10. The highest BCUT2D eigenvalue weighted by Gasteiger charge is 2.36. The van der Waals surface area contributed by atoms with Crippen molar-refractivity contribution in [2.75, 3.05) is 5.73 Å². The molecule has 0 unspecified atom stereocenters. The van der Waals surface area contributed by atoms with Crippen molar-refractivity contribution in [1.82, 2.24) is 19.7 Å². The normalized spacial score (nSPS) is 18.7. The molecule has 2 N–H and O–H groups in total. The van der Waals surface area contributed by atoms with Crippen LogP contribution < -0.4 is 5.73 Å². The Labute approximate surface area is 115 Å². The van der Waals surface area contributed by atoms with Crippen LogP contribution in [0.3, 0.4) is 0 Å². The van der Waals surface area contributed by atoms with Crippen LogP contribution in [0.5, 0.6) is 0 Å². The molecule has 19 heavy (non-hydrogen) atoms. The molecule has 4 rings (SSSR count). The van der Waals surface area contributed by atoms with Gasteiger partial charge in [-0.25, -0.2) is 0 Å². The number of nitrogens with zero attached hydrogens (tertiary/aromatic N) is 4. The summed E-state index contributed by atoms with van der Waals surface area (Å²) in [4.78, 5) is 5.02. The van der Waals surface area contributed by atoms with Gasteiger partial charge in [0.1, 0.15) is 5.82 Å². The van der Waals surface area contributed by atoms with Gasteiger partial charge in [-0.2, -0.15) is 0 Å². The van der Waals surface area contributed by atoms with E-state index in [1.165, 1.54) is 31.5 Å². The van der Waals surface area contributed by atoms with E-state index in [-0.39, 0.29) is 0 Å². The van der Waals surface area contributed by atoms with Gasteiger partial charge in [0.2, 0.25) is 0 Å². The number of anilines is 1. The van der Waals surface area contributed by atoms with E-state index < -0.39 is 0 Å². The third-order valence-corrected chi connectivity index (χ3v) is 4.61. The number of hydrogen-bond donors (Lipinski definition) is 1. The minimum absolute atomic E-state index is 0.608. The first kappa shape index (κ1) is 11.3. The summed E-state index contributed by atoms with van der Waals surface area (Å²) >= 11 is 1.60. The van der Waals surface area contributed by atoms with Gasteiger partial charge in [0.25, 0.3) is 0 Å². The Morgan fingerprint density at radius 3 is 2.74 bits per heavy atom. The SMILES string of the molecule is Nc1cnccc1Sc1nnc(C2CC2)n1C1CC1. The largest absolute Gasteiger partial charge is 0.397 e. The first-order valence-corrected chi connectivity index (χ1v) is 7.46. The fourth-order valence-corrected chi connectivity index (χ4v) is 3.16. The Kier molecular flexibility index (Phi) is 2.51. The van der Waals surface area contributed by atoms with Crippen molar-refractivity contribution in [1.29, 1.82) is 0 Å². The Hall–Kier alpha value is -1.56. The first-order valence-electron chi connectivity index (χ1n) is 6.65. The second kappa shape index (κ2) is 4.23. The molecule has 0 saturated heterocycles. The van der Waals surface area contributed by atoms with Crippen molar-refractivity contribution in [3.63, 3.8) is 0 Å². The van der Waals surface area contributed by atoms with E-state index in [2.05, 4.69) is 19.7 Å². The van der Waals surface area contributed by atoms with Crippen LogP contribution in [0, 0.1) is 0 Å². The lowest BCUT2D eigenvalue weighted by atomic mass is 10.4. The minimum Gasteiger partial charge on any atom is -0.397 e. The number of hydrogen-bond acceptors (Lipinski definition) is 5. The van der Waals surface area contributed by atoms with E-state index in [1.54, 1.807) is 24.2 Å². The molecule has 0 aliphatic heterocycles. The first-order chi connectivity index (χ1) is 9.33. The van der Waals surface area contributed by atoms with E-state index >= 15 is 0 Å². The average molecular weight is 273 g/mol. The summed E-state index contributed by atoms with van der Waals surface area (Å²) in [5, 5.41) is 9.75. The maximum atomic E-state index is 5.95. The van der Waals surface area contributed by atoms with Gasteiger partial charge >= 0.3 is 0 Å². The van der Waals surface area contributed by atoms with Crippen molar-refractivity contribution in [2.24, 2.45) is 0 Å². The van der Waals surface area contributed by atoms with E-state index in [0.29, 0.717) is 17.6 Å². The van der Waals surface area contributed by atoms with Crippen LogP contribution >= 0.6 is 11.8 Å². The zero-order valence-corrected chi connectivity index (χ0v) is 11.3. The molecule has 0 bridgehead atoms. The summed E-state index contributed by atoms with van der Waals surface area (Å²) in [6, 6.07) is 2.54. The lowest BCUT2D eigenvalue weighted by Gasteiger charge is -2.08. The zero-order valence-electron chi connectivity index (χ0n) is 10.5. The van der Waals surface area contributed by atoms with Gasteiger partial charge < -0.3 is 10.3 Å². The fraction of sp³-hybridized carbons (Fsp3) is 0.462. The van der Waals surface area contributed by atoms with Crippen LogP contribution in [0.15, 0.2) is 28.5 Å². The predicted octanol–water partition coefficient (Wildman–Crippen LogP) is 2.62. The summed E-state index contributed by atoms with van der Waals surface area (Å²) in [5.41, 5.74) is 6.65. The molecule has 2 aromatic heterocycles. The van der Waals surface area contributed by atoms with Crippen LogP contribution in [-0.4, -0.2) is 19.7 Å². The molecule has 2 saturated carbocycles. The molecular formula is C13H15N5S. The van der Waals surface area contributed by atoms with Gasteiger partial charge in [-0.1, -0.05) is 0 Å². The molecule has 2 fully saturated rings. The fourth-order valence-electron chi connectivity index (χ4n) is 2.24. The number of nitrogen functional groups attached to an aromatic ring is 1. The summed E-state index contributed by atoms with van der Waals surface area (Å²) in [5.74, 6) is 1.81. The molecule has 2 aliphatic carbocycles. The number of rotatable bonds is 4. The van der Waals surface area contributed by atoms with E-state index in [0.717, 1.165) is 10.1 Å². The molecule has 0 spiro atoms. The molecule has 0 aromatic carbocycles. The zero-order chi connectivity index (χ0) is 12.8. The lowest BCUT2D eigenvalue weighted by molar-refractivity contribution is 0.627. The van der Waals surface area contributed by atoms with E-state index in [1.807, 2.05) is 6.07 Å². The maximum Gasteiger partial charge on any atom is 0.196 e. The van der Waals surface area contributed by atoms with Gasteiger partial charge in [-0.05, 0) is 43.5 Å². The van der Waals surface area contributed by atoms with Crippen LogP contribution in [0.4, 0.5) is 5.69 Å². The maximum absolute atomic E-state index is 5.95. The van der Waals surface area contributed by atoms with Crippen LogP contribution in [0.25, 0.3) is 0 Å². The van der Waals surface area contributed by atoms with E-state index in [4.69, 9.17) is 5.73 Å². The van der Waals surface area contributed by atoms with E-state index in [9.17, 15) is 0 Å². The van der Waals surface area contributed by atoms with Crippen LogP contribution in [0.1, 0.15) is 43.5 Å². The summed E-state index contributed by atoms with van der Waals surface area (Å²) < 4.78 is 2.34. The molecule has 2 heterocycles. The Balaban J connectivity index is 1.69. The molecule has 0 radical (unpaired) electrons. The van der Waals surface area contributed by atoms with Gasteiger partial charge in [-0.3, -0.25) is 4.98 Å². The average Bonchev–Trinajstić information content (AvgIpc) is 3.32. The monoisotopic (exact) mass is 273 g/mol. The second-order valence-electron chi connectivity index (χ2n) is 5.23. The quantitative estimate of drug-likeness (QED) is 0.927. The third-order valence-electron chi connectivity index (χ3n) is 3.56. The minimum atomic E-state index is 0.608. The number of pyridine rings is 1. The molecule has 2 aliphatic rings. The van der Waals surface area contributed by atoms with Crippen molar-refractivity contribution in [2.45, 2.75) is 47.7 Å². The Morgan fingerprint density at radius 2 is 2.05 bits per heavy atom. The van der Waals surface area contributed by atoms with Gasteiger partial charge in [0.15, 0.2) is 5.16 Å². The standard InChI is InChI=1S/C13H15N5S/c14-10-7-15-6-5-11(10)19-13-17-16-12(8-1-2-8)18(13)9-3-4-9/h5-9H,1-4,14H2. The second-order valence-corrected chi connectivity index (χ2v) is 6.24. The summed E-state index contributed by atoms with van der Waals surface area (Å²) in [6.07, 6.45) is 8.45. The number of nitrogens with two attached hydrogens (primary N) is 1. The highest BCUT2D eigenvalue weighted by Crippen LogP contribution is 2.47. The van der Waals surface area contributed by atoms with Gasteiger partial charge in [0, 0.05) is 23.1 Å². The van der Waals surface area contributed by atoms with Gasteiger partial charge in [-0.15, -0.1) is 10.2 Å². The molecule has 6 heteroatoms. The van der Waals surface area contributed by atoms with Crippen molar-refractivity contribution < 1.29 is 0 Å². The highest BCUT2D eigenvalue weighted by molar-refractivity contribution is 7.99. The topological polar surface area (TPSA) is 69.6 Å². The Morgan fingerprint density at radius 1 is 1.21 bits per heavy atom. The smallest absolute Gasteiger partial charge is 0.196 e. The molecule has 2 aromatic rings. The molecule has 0 amide bonds. The summed E-state index contributed by atoms with van der Waals surface area (Å²) in [6.45, 7) is 0. The van der Waals surface area contributed by atoms with Crippen LogP contribution in [-0.2, 0) is 0 Å². The molecule has 98 valence electrons. The van der Waals surface area contributed by atoms with Crippen molar-refractivity contribution in [3.05, 3.63) is 24.3 Å². The van der Waals surface area contributed by atoms with Crippen molar-refractivity contribution >= 4 is 17.4 Å². The lowest BCUT2D eigenvalue weighted by Crippen LogP contribution is -2.02. The number of aromatic nitrogens is 4. The van der Waals surface area contributed by atoms with Crippen LogP contribution in [0.2, 0.25) is 0 Å². The highest BCUT2D eigenvalue weighted by atomic mass is 32.2. The molecule has 0 atom stereocenters. The van der Waals surface area contributed by atoms with Gasteiger partial charge in [0.05, 0.1) is 11.9 Å². The predicted molar refractivity (Wildman–Crippen MR) is 73.0 cm³/mol. The molecular weight excluding hydrogens is 258 g/mol. The summed E-state index contributed by atoms with van der Waals surface area (Å²) in [7, 11) is 0. The molecule has 5 nitrogen and oxygen atoms in total. The van der Waals surface area contributed by atoms with Crippen molar-refractivity contribution in [3.8, 4) is 0 Å². The Bertz CT molecular complexity index is 615.